The second kappa shape index (κ2) is 5.54. The monoisotopic (exact) mass is 309 g/mol. The average molecular weight is 309 g/mol. The van der Waals surface area contributed by atoms with Crippen LogP contribution in [0, 0.1) is 5.41 Å². The van der Waals surface area contributed by atoms with Gasteiger partial charge in [-0.3, -0.25) is 9.59 Å². The topological polar surface area (TPSA) is 46.6 Å². The number of carbonyl (C=O) groups excluding carboxylic acids is 2. The highest BCUT2D eigenvalue weighted by Crippen LogP contribution is 2.29. The maximum Gasteiger partial charge on any atom is 0.266 e. The van der Waals surface area contributed by atoms with Crippen molar-refractivity contribution in [3.05, 3.63) is 59.7 Å². The second-order valence-corrected chi connectivity index (χ2v) is 6.83. The zero-order chi connectivity index (χ0) is 16.6. The van der Waals surface area contributed by atoms with E-state index in [0.29, 0.717) is 23.4 Å². The molecule has 1 aliphatic rings. The Morgan fingerprint density at radius 1 is 0.870 bits per heavy atom. The first-order chi connectivity index (χ1) is 10.9. The van der Waals surface area contributed by atoms with Gasteiger partial charge in [-0.15, -0.1) is 0 Å². The average Bonchev–Trinajstić information content (AvgIpc) is 2.77. The molecule has 118 valence electrons. The Bertz CT molecular complexity index is 722. The minimum absolute atomic E-state index is 0.0706. The lowest BCUT2D eigenvalue weighted by atomic mass is 9.99. The molecule has 0 aromatic heterocycles. The third kappa shape index (κ3) is 2.97. The SMILES string of the molecule is CC(C)(C)COc1ccc(N2C(=O)c3ccccc3C2=O)cc1. The summed E-state index contributed by atoms with van der Waals surface area (Å²) in [5.74, 6) is 0.156. The summed E-state index contributed by atoms with van der Waals surface area (Å²) < 4.78 is 5.72. The van der Waals surface area contributed by atoms with E-state index in [1.165, 1.54) is 4.90 Å². The van der Waals surface area contributed by atoms with Crippen LogP contribution in [0.3, 0.4) is 0 Å². The van der Waals surface area contributed by atoms with Gasteiger partial charge < -0.3 is 4.74 Å². The first kappa shape index (κ1) is 15.3. The maximum absolute atomic E-state index is 12.4. The standard InChI is InChI=1S/C19H19NO3/c1-19(2,3)12-23-14-10-8-13(9-11-14)20-17(21)15-6-4-5-7-16(15)18(20)22/h4-11H,12H2,1-3H3. The van der Waals surface area contributed by atoms with E-state index in [1.54, 1.807) is 48.5 Å². The lowest BCUT2D eigenvalue weighted by Crippen LogP contribution is -2.29. The van der Waals surface area contributed by atoms with Crippen molar-refractivity contribution in [1.29, 1.82) is 0 Å². The van der Waals surface area contributed by atoms with Gasteiger partial charge >= 0.3 is 0 Å². The molecule has 2 aromatic rings. The molecule has 0 radical (unpaired) electrons. The Hall–Kier alpha value is -2.62. The van der Waals surface area contributed by atoms with E-state index in [9.17, 15) is 9.59 Å². The molecule has 0 unspecified atom stereocenters. The summed E-state index contributed by atoms with van der Waals surface area (Å²) in [5.41, 5.74) is 1.52. The molecular formula is C19H19NO3. The molecule has 2 aromatic carbocycles. The summed E-state index contributed by atoms with van der Waals surface area (Å²) in [6.45, 7) is 6.89. The Morgan fingerprint density at radius 2 is 1.39 bits per heavy atom. The molecular weight excluding hydrogens is 290 g/mol. The van der Waals surface area contributed by atoms with Crippen LogP contribution in [-0.2, 0) is 0 Å². The van der Waals surface area contributed by atoms with Gasteiger partial charge in [0, 0.05) is 0 Å². The number of nitrogens with zero attached hydrogens (tertiary/aromatic N) is 1. The molecule has 0 bridgehead atoms. The van der Waals surface area contributed by atoms with E-state index in [1.807, 2.05) is 0 Å². The Morgan fingerprint density at radius 3 is 1.87 bits per heavy atom. The van der Waals surface area contributed by atoms with Crippen LogP contribution in [0.25, 0.3) is 0 Å². The Kier molecular flexibility index (Phi) is 3.68. The molecule has 1 heterocycles. The summed E-state index contributed by atoms with van der Waals surface area (Å²) >= 11 is 0. The van der Waals surface area contributed by atoms with E-state index in [2.05, 4.69) is 20.8 Å². The van der Waals surface area contributed by atoms with E-state index < -0.39 is 0 Å². The van der Waals surface area contributed by atoms with Crippen molar-refractivity contribution in [2.75, 3.05) is 11.5 Å². The van der Waals surface area contributed by atoms with Gasteiger partial charge in [-0.05, 0) is 41.8 Å². The van der Waals surface area contributed by atoms with Crippen LogP contribution in [0.1, 0.15) is 41.5 Å². The fraction of sp³-hybridized carbons (Fsp3) is 0.263. The molecule has 4 nitrogen and oxygen atoms in total. The number of imide groups is 1. The van der Waals surface area contributed by atoms with Crippen molar-refractivity contribution < 1.29 is 14.3 Å². The molecule has 0 saturated carbocycles. The van der Waals surface area contributed by atoms with Crippen molar-refractivity contribution in [2.45, 2.75) is 20.8 Å². The number of fused-ring (bicyclic) bond motifs is 1. The lowest BCUT2D eigenvalue weighted by molar-refractivity contribution is 0.0926. The van der Waals surface area contributed by atoms with Crippen LogP contribution in [-0.4, -0.2) is 18.4 Å². The number of rotatable bonds is 3. The molecule has 23 heavy (non-hydrogen) atoms. The predicted octanol–water partition coefficient (Wildman–Crippen LogP) is 3.91. The number of benzene rings is 2. The van der Waals surface area contributed by atoms with Gasteiger partial charge in [-0.1, -0.05) is 32.9 Å². The zero-order valence-corrected chi connectivity index (χ0v) is 13.5. The zero-order valence-electron chi connectivity index (χ0n) is 13.5. The Balaban J connectivity index is 1.81. The van der Waals surface area contributed by atoms with Gasteiger partial charge in [0.15, 0.2) is 0 Å². The van der Waals surface area contributed by atoms with Crippen molar-refractivity contribution >= 4 is 17.5 Å². The van der Waals surface area contributed by atoms with Gasteiger partial charge in [-0.25, -0.2) is 4.90 Å². The van der Waals surface area contributed by atoms with Gasteiger partial charge in [0.1, 0.15) is 5.75 Å². The number of ether oxygens (including phenoxy) is 1. The second-order valence-electron chi connectivity index (χ2n) is 6.83. The number of carbonyl (C=O) groups is 2. The number of amides is 2. The number of hydrogen-bond acceptors (Lipinski definition) is 3. The third-order valence-corrected chi connectivity index (χ3v) is 3.56. The van der Waals surface area contributed by atoms with Gasteiger partial charge in [0.05, 0.1) is 23.4 Å². The van der Waals surface area contributed by atoms with Crippen LogP contribution < -0.4 is 9.64 Å². The van der Waals surface area contributed by atoms with Crippen LogP contribution in [0.2, 0.25) is 0 Å². The summed E-state index contributed by atoms with van der Waals surface area (Å²) in [6, 6.07) is 13.9. The first-order valence-electron chi connectivity index (χ1n) is 7.57. The quantitative estimate of drug-likeness (QED) is 0.808. The Labute approximate surface area is 135 Å². The van der Waals surface area contributed by atoms with Gasteiger partial charge in [0.25, 0.3) is 11.8 Å². The van der Waals surface area contributed by atoms with Crippen molar-refractivity contribution in [3.63, 3.8) is 0 Å². The largest absolute Gasteiger partial charge is 0.493 e. The van der Waals surface area contributed by atoms with Gasteiger partial charge in [-0.2, -0.15) is 0 Å². The molecule has 0 aliphatic carbocycles. The first-order valence-corrected chi connectivity index (χ1v) is 7.57. The third-order valence-electron chi connectivity index (χ3n) is 3.56. The molecule has 4 heteroatoms. The fourth-order valence-electron chi connectivity index (χ4n) is 2.42. The van der Waals surface area contributed by atoms with Crippen LogP contribution in [0.5, 0.6) is 5.75 Å². The minimum atomic E-state index is -0.283. The van der Waals surface area contributed by atoms with Crippen LogP contribution in [0.15, 0.2) is 48.5 Å². The van der Waals surface area contributed by atoms with Crippen LogP contribution >= 0.6 is 0 Å². The predicted molar refractivity (Wildman–Crippen MR) is 89.0 cm³/mol. The smallest absolute Gasteiger partial charge is 0.266 e. The maximum atomic E-state index is 12.4. The fourth-order valence-corrected chi connectivity index (χ4v) is 2.42. The van der Waals surface area contributed by atoms with Crippen molar-refractivity contribution in [1.82, 2.24) is 0 Å². The van der Waals surface area contributed by atoms with Crippen molar-refractivity contribution in [2.24, 2.45) is 5.41 Å². The lowest BCUT2D eigenvalue weighted by Gasteiger charge is -2.19. The number of anilines is 1. The van der Waals surface area contributed by atoms with E-state index in [0.717, 1.165) is 5.75 Å². The summed E-state index contributed by atoms with van der Waals surface area (Å²) in [5, 5.41) is 0. The van der Waals surface area contributed by atoms with E-state index >= 15 is 0 Å². The van der Waals surface area contributed by atoms with Crippen LogP contribution in [0.4, 0.5) is 5.69 Å². The highest BCUT2D eigenvalue weighted by atomic mass is 16.5. The normalized spacial score (nSPS) is 14.1. The molecule has 0 spiro atoms. The molecule has 1 aliphatic heterocycles. The summed E-state index contributed by atoms with van der Waals surface area (Å²) in [6.07, 6.45) is 0. The molecule has 0 saturated heterocycles. The number of hydrogen-bond donors (Lipinski definition) is 0. The van der Waals surface area contributed by atoms with Gasteiger partial charge in [0.2, 0.25) is 0 Å². The van der Waals surface area contributed by atoms with E-state index in [-0.39, 0.29) is 17.2 Å². The highest BCUT2D eigenvalue weighted by molar-refractivity contribution is 6.34. The molecule has 0 N–H and O–H groups in total. The van der Waals surface area contributed by atoms with Crippen molar-refractivity contribution in [3.8, 4) is 5.75 Å². The summed E-state index contributed by atoms with van der Waals surface area (Å²) in [4.78, 5) is 26.1. The highest BCUT2D eigenvalue weighted by Gasteiger charge is 2.36. The van der Waals surface area contributed by atoms with E-state index in [4.69, 9.17) is 4.74 Å². The molecule has 2 amide bonds. The molecule has 3 rings (SSSR count). The summed E-state index contributed by atoms with van der Waals surface area (Å²) in [7, 11) is 0. The molecule has 0 atom stereocenters. The minimum Gasteiger partial charge on any atom is -0.493 e. The molecule has 0 fully saturated rings.